The summed E-state index contributed by atoms with van der Waals surface area (Å²) in [5.74, 6) is 1.47. The average molecular weight is 247 g/mol. The van der Waals surface area contributed by atoms with Gasteiger partial charge in [-0.1, -0.05) is 24.6 Å². The maximum absolute atomic E-state index is 9.93. The van der Waals surface area contributed by atoms with Crippen molar-refractivity contribution in [3.8, 4) is 5.75 Å². The molecule has 2 atom stereocenters. The maximum Gasteiger partial charge on any atom is 0.123 e. The van der Waals surface area contributed by atoms with Gasteiger partial charge in [-0.2, -0.15) is 0 Å². The van der Waals surface area contributed by atoms with Gasteiger partial charge in [0, 0.05) is 25.2 Å². The van der Waals surface area contributed by atoms with Gasteiger partial charge in [-0.3, -0.25) is 4.90 Å². The maximum atomic E-state index is 9.93. The SMILES string of the molecule is OC1CCCC1CN1CCOc2ccccc2C1. The highest BCUT2D eigenvalue weighted by atomic mass is 16.5. The van der Waals surface area contributed by atoms with Gasteiger partial charge in [0.15, 0.2) is 0 Å². The van der Waals surface area contributed by atoms with Crippen molar-refractivity contribution >= 4 is 0 Å². The minimum Gasteiger partial charge on any atom is -0.492 e. The third kappa shape index (κ3) is 2.52. The van der Waals surface area contributed by atoms with E-state index < -0.39 is 0 Å². The van der Waals surface area contributed by atoms with Gasteiger partial charge in [0.05, 0.1) is 6.10 Å². The fourth-order valence-corrected chi connectivity index (χ4v) is 3.10. The minimum atomic E-state index is -0.0931. The predicted molar refractivity (Wildman–Crippen MR) is 70.6 cm³/mol. The molecule has 1 fully saturated rings. The van der Waals surface area contributed by atoms with Crippen molar-refractivity contribution in [1.29, 1.82) is 0 Å². The highest BCUT2D eigenvalue weighted by Gasteiger charge is 2.27. The van der Waals surface area contributed by atoms with E-state index in [0.29, 0.717) is 5.92 Å². The highest BCUT2D eigenvalue weighted by Crippen LogP contribution is 2.28. The lowest BCUT2D eigenvalue weighted by atomic mass is 10.0. The number of aliphatic hydroxyl groups excluding tert-OH is 1. The first-order valence-electron chi connectivity index (χ1n) is 6.94. The smallest absolute Gasteiger partial charge is 0.123 e. The zero-order valence-corrected chi connectivity index (χ0v) is 10.7. The second-order valence-electron chi connectivity index (χ2n) is 5.45. The Labute approximate surface area is 108 Å². The van der Waals surface area contributed by atoms with Crippen molar-refractivity contribution in [3.63, 3.8) is 0 Å². The summed E-state index contributed by atoms with van der Waals surface area (Å²) >= 11 is 0. The normalized spacial score (nSPS) is 28.5. The molecular weight excluding hydrogens is 226 g/mol. The van der Waals surface area contributed by atoms with Crippen LogP contribution in [0.5, 0.6) is 5.75 Å². The summed E-state index contributed by atoms with van der Waals surface area (Å²) in [4.78, 5) is 2.42. The Morgan fingerprint density at radius 1 is 1.28 bits per heavy atom. The standard InChI is InChI=1S/C15H21NO2/c17-14-6-3-5-12(14)10-16-8-9-18-15-7-2-1-4-13(15)11-16/h1-2,4,7,12,14,17H,3,5-6,8-11H2. The first-order valence-corrected chi connectivity index (χ1v) is 6.94. The molecule has 0 aromatic heterocycles. The van der Waals surface area contributed by atoms with Crippen LogP contribution in [-0.4, -0.2) is 35.8 Å². The zero-order valence-electron chi connectivity index (χ0n) is 10.7. The highest BCUT2D eigenvalue weighted by molar-refractivity contribution is 5.33. The number of hydrogen-bond acceptors (Lipinski definition) is 3. The number of hydrogen-bond donors (Lipinski definition) is 1. The van der Waals surface area contributed by atoms with Crippen LogP contribution < -0.4 is 4.74 Å². The van der Waals surface area contributed by atoms with E-state index in [4.69, 9.17) is 4.74 Å². The molecule has 0 amide bonds. The van der Waals surface area contributed by atoms with Crippen molar-refractivity contribution in [2.75, 3.05) is 19.7 Å². The molecule has 0 saturated heterocycles. The summed E-state index contributed by atoms with van der Waals surface area (Å²) in [5, 5.41) is 9.93. The van der Waals surface area contributed by atoms with Gasteiger partial charge < -0.3 is 9.84 Å². The second kappa shape index (κ2) is 5.29. The van der Waals surface area contributed by atoms with Gasteiger partial charge in [0.25, 0.3) is 0 Å². The van der Waals surface area contributed by atoms with E-state index >= 15 is 0 Å². The molecule has 1 aromatic carbocycles. The average Bonchev–Trinajstić information content (AvgIpc) is 2.66. The van der Waals surface area contributed by atoms with Crippen LogP contribution in [0.15, 0.2) is 24.3 Å². The molecule has 3 nitrogen and oxygen atoms in total. The Morgan fingerprint density at radius 3 is 3.00 bits per heavy atom. The summed E-state index contributed by atoms with van der Waals surface area (Å²) in [7, 11) is 0. The quantitative estimate of drug-likeness (QED) is 0.868. The van der Waals surface area contributed by atoms with Crippen molar-refractivity contribution in [1.82, 2.24) is 4.90 Å². The summed E-state index contributed by atoms with van der Waals surface area (Å²) in [6.45, 7) is 3.65. The molecule has 0 spiro atoms. The molecule has 1 aliphatic carbocycles. The molecule has 1 saturated carbocycles. The van der Waals surface area contributed by atoms with Crippen LogP contribution in [0.1, 0.15) is 24.8 Å². The van der Waals surface area contributed by atoms with E-state index in [1.807, 2.05) is 12.1 Å². The Bertz CT molecular complexity index is 407. The van der Waals surface area contributed by atoms with Crippen LogP contribution in [0, 0.1) is 5.92 Å². The molecule has 1 aliphatic heterocycles. The van der Waals surface area contributed by atoms with E-state index in [-0.39, 0.29) is 6.10 Å². The van der Waals surface area contributed by atoms with E-state index in [2.05, 4.69) is 17.0 Å². The summed E-state index contributed by atoms with van der Waals surface area (Å²) < 4.78 is 5.77. The number of aliphatic hydroxyl groups is 1. The molecule has 1 aromatic rings. The van der Waals surface area contributed by atoms with Crippen LogP contribution in [-0.2, 0) is 6.54 Å². The summed E-state index contributed by atoms with van der Waals surface area (Å²) in [6, 6.07) is 8.27. The van der Waals surface area contributed by atoms with Crippen molar-refractivity contribution < 1.29 is 9.84 Å². The second-order valence-corrected chi connectivity index (χ2v) is 5.45. The number of nitrogens with zero attached hydrogens (tertiary/aromatic N) is 1. The molecule has 98 valence electrons. The van der Waals surface area contributed by atoms with Crippen molar-refractivity contribution in [2.24, 2.45) is 5.92 Å². The Kier molecular flexibility index (Phi) is 3.52. The van der Waals surface area contributed by atoms with E-state index in [9.17, 15) is 5.11 Å². The molecule has 2 aliphatic rings. The zero-order chi connectivity index (χ0) is 12.4. The number of benzene rings is 1. The molecule has 3 heteroatoms. The lowest BCUT2D eigenvalue weighted by Gasteiger charge is -2.25. The Morgan fingerprint density at radius 2 is 2.17 bits per heavy atom. The van der Waals surface area contributed by atoms with Gasteiger partial charge in [0.1, 0.15) is 12.4 Å². The van der Waals surface area contributed by atoms with E-state index in [1.54, 1.807) is 0 Å². The lowest BCUT2D eigenvalue weighted by Crippen LogP contribution is -2.33. The molecule has 0 bridgehead atoms. The minimum absolute atomic E-state index is 0.0931. The van der Waals surface area contributed by atoms with Gasteiger partial charge in [-0.15, -0.1) is 0 Å². The van der Waals surface area contributed by atoms with Crippen LogP contribution in [0.2, 0.25) is 0 Å². The Hall–Kier alpha value is -1.06. The Balaban J connectivity index is 1.67. The fourth-order valence-electron chi connectivity index (χ4n) is 3.10. The van der Waals surface area contributed by atoms with E-state index in [1.165, 1.54) is 18.4 Å². The topological polar surface area (TPSA) is 32.7 Å². The fraction of sp³-hybridized carbons (Fsp3) is 0.600. The van der Waals surface area contributed by atoms with Gasteiger partial charge >= 0.3 is 0 Å². The number of ether oxygens (including phenoxy) is 1. The van der Waals surface area contributed by atoms with Crippen LogP contribution in [0.4, 0.5) is 0 Å². The summed E-state index contributed by atoms with van der Waals surface area (Å²) in [5.41, 5.74) is 1.27. The van der Waals surface area contributed by atoms with Gasteiger partial charge in [0.2, 0.25) is 0 Å². The first kappa shape index (κ1) is 12.0. The first-order chi connectivity index (χ1) is 8.83. The lowest BCUT2D eigenvalue weighted by molar-refractivity contribution is 0.0969. The van der Waals surface area contributed by atoms with Crippen LogP contribution in [0.3, 0.4) is 0 Å². The van der Waals surface area contributed by atoms with Gasteiger partial charge in [-0.05, 0) is 24.8 Å². The van der Waals surface area contributed by atoms with Crippen LogP contribution >= 0.6 is 0 Å². The largest absolute Gasteiger partial charge is 0.492 e. The third-order valence-electron chi connectivity index (χ3n) is 4.14. The molecule has 0 radical (unpaired) electrons. The molecule has 3 rings (SSSR count). The van der Waals surface area contributed by atoms with Crippen molar-refractivity contribution in [3.05, 3.63) is 29.8 Å². The number of para-hydroxylation sites is 1. The molecule has 18 heavy (non-hydrogen) atoms. The monoisotopic (exact) mass is 247 g/mol. The predicted octanol–water partition coefficient (Wildman–Crippen LogP) is 2.04. The van der Waals surface area contributed by atoms with Gasteiger partial charge in [-0.25, -0.2) is 0 Å². The number of fused-ring (bicyclic) bond motifs is 1. The molecule has 2 unspecified atom stereocenters. The van der Waals surface area contributed by atoms with Crippen LogP contribution in [0.25, 0.3) is 0 Å². The number of rotatable bonds is 2. The molecule has 1 heterocycles. The molecule has 1 N–H and O–H groups in total. The third-order valence-corrected chi connectivity index (χ3v) is 4.14. The summed E-state index contributed by atoms with van der Waals surface area (Å²) in [6.07, 6.45) is 3.22. The molecular formula is C15H21NO2. The van der Waals surface area contributed by atoms with E-state index in [0.717, 1.165) is 38.4 Å². The van der Waals surface area contributed by atoms with Crippen molar-refractivity contribution in [2.45, 2.75) is 31.9 Å².